The van der Waals surface area contributed by atoms with Crippen molar-refractivity contribution in [2.75, 3.05) is 12.8 Å². The van der Waals surface area contributed by atoms with E-state index in [2.05, 4.69) is 0 Å². The summed E-state index contributed by atoms with van der Waals surface area (Å²) < 4.78 is 0.740. The van der Waals surface area contributed by atoms with Crippen molar-refractivity contribution in [2.24, 2.45) is 0 Å². The topological polar surface area (TPSA) is 46.3 Å². The van der Waals surface area contributed by atoms with Gasteiger partial charge in [-0.25, -0.2) is 0 Å². The largest absolute Gasteiger partial charge is 0.399 e. The number of carbonyl (C=O) groups is 1. The van der Waals surface area contributed by atoms with Gasteiger partial charge in [0.15, 0.2) is 0 Å². The zero-order chi connectivity index (χ0) is 14.7. The summed E-state index contributed by atoms with van der Waals surface area (Å²) in [6, 6.07) is 11.3. The lowest BCUT2D eigenvalue weighted by Gasteiger charge is -2.21. The highest BCUT2D eigenvalue weighted by Crippen LogP contribution is 2.24. The molecule has 0 aliphatic carbocycles. The number of halogens is 1. The Kier molecular flexibility index (Phi) is 4.68. The van der Waals surface area contributed by atoms with Crippen LogP contribution >= 0.6 is 22.9 Å². The van der Waals surface area contributed by atoms with Gasteiger partial charge in [0.2, 0.25) is 5.91 Å². The Bertz CT molecular complexity index is 611. The summed E-state index contributed by atoms with van der Waals surface area (Å²) in [6.07, 6.45) is 0. The summed E-state index contributed by atoms with van der Waals surface area (Å²) >= 11 is 7.40. The Morgan fingerprint density at radius 2 is 2.15 bits per heavy atom. The molecule has 0 spiro atoms. The van der Waals surface area contributed by atoms with Gasteiger partial charge < -0.3 is 10.6 Å². The van der Waals surface area contributed by atoms with Gasteiger partial charge in [-0.15, -0.1) is 11.3 Å². The van der Waals surface area contributed by atoms with E-state index >= 15 is 0 Å². The third kappa shape index (κ3) is 3.52. The molecule has 2 aromatic rings. The van der Waals surface area contributed by atoms with Crippen molar-refractivity contribution in [3.8, 4) is 0 Å². The van der Waals surface area contributed by atoms with Crippen LogP contribution in [0.5, 0.6) is 0 Å². The Labute approximate surface area is 128 Å². The van der Waals surface area contributed by atoms with Gasteiger partial charge in [0.1, 0.15) is 0 Å². The number of anilines is 1. The van der Waals surface area contributed by atoms with Crippen LogP contribution < -0.4 is 5.73 Å². The predicted molar refractivity (Wildman–Crippen MR) is 85.1 cm³/mol. The van der Waals surface area contributed by atoms with Crippen molar-refractivity contribution in [2.45, 2.75) is 19.4 Å². The number of benzene rings is 1. The van der Waals surface area contributed by atoms with Crippen molar-refractivity contribution in [1.82, 2.24) is 4.90 Å². The van der Waals surface area contributed by atoms with E-state index in [4.69, 9.17) is 17.3 Å². The minimum absolute atomic E-state index is 0.0696. The van der Waals surface area contributed by atoms with Crippen LogP contribution in [-0.2, 0) is 11.3 Å². The quantitative estimate of drug-likeness (QED) is 0.874. The van der Waals surface area contributed by atoms with Crippen LogP contribution in [-0.4, -0.2) is 17.9 Å². The average Bonchev–Trinajstić information content (AvgIpc) is 2.82. The third-order valence-corrected chi connectivity index (χ3v) is 4.40. The number of nitrogen functional groups attached to an aromatic ring is 1. The molecule has 0 fully saturated rings. The minimum Gasteiger partial charge on any atom is -0.399 e. The minimum atomic E-state index is -0.209. The number of nitrogens with two attached hydrogens (primary N) is 1. The summed E-state index contributed by atoms with van der Waals surface area (Å²) in [4.78, 5) is 15.2. The molecule has 1 aromatic heterocycles. The maximum atomic E-state index is 12.4. The summed E-state index contributed by atoms with van der Waals surface area (Å²) in [5.41, 5.74) is 7.37. The van der Waals surface area contributed by atoms with Crippen molar-refractivity contribution in [3.05, 3.63) is 51.2 Å². The van der Waals surface area contributed by atoms with E-state index in [9.17, 15) is 4.79 Å². The van der Waals surface area contributed by atoms with Crippen molar-refractivity contribution in [1.29, 1.82) is 0 Å². The highest BCUT2D eigenvalue weighted by molar-refractivity contribution is 7.16. The first-order valence-electron chi connectivity index (χ1n) is 6.32. The third-order valence-electron chi connectivity index (χ3n) is 3.18. The molecule has 1 atom stereocenters. The molecule has 0 bridgehead atoms. The van der Waals surface area contributed by atoms with Gasteiger partial charge in [0, 0.05) is 17.6 Å². The maximum absolute atomic E-state index is 12.4. The molecule has 1 amide bonds. The van der Waals surface area contributed by atoms with Crippen LogP contribution in [0, 0.1) is 0 Å². The number of amides is 1. The number of hydrogen-bond acceptors (Lipinski definition) is 3. The Hall–Kier alpha value is -1.52. The number of nitrogens with zero attached hydrogens (tertiary/aromatic N) is 1. The van der Waals surface area contributed by atoms with E-state index in [1.165, 1.54) is 11.3 Å². The fraction of sp³-hybridized carbons (Fsp3) is 0.267. The molecule has 0 aliphatic heterocycles. The number of rotatable bonds is 4. The lowest BCUT2D eigenvalue weighted by atomic mass is 9.99. The molecule has 1 aromatic carbocycles. The van der Waals surface area contributed by atoms with Gasteiger partial charge in [-0.05, 0) is 36.8 Å². The molecule has 2 rings (SSSR count). The summed E-state index contributed by atoms with van der Waals surface area (Å²) in [6.45, 7) is 2.47. The van der Waals surface area contributed by atoms with Crippen LogP contribution in [0.15, 0.2) is 36.4 Å². The van der Waals surface area contributed by atoms with Gasteiger partial charge in [-0.1, -0.05) is 23.7 Å². The molecular weight excluding hydrogens is 292 g/mol. The summed E-state index contributed by atoms with van der Waals surface area (Å²) in [5.74, 6) is -0.140. The fourth-order valence-corrected chi connectivity index (χ4v) is 3.19. The predicted octanol–water partition coefficient (Wildman–Crippen LogP) is 3.75. The summed E-state index contributed by atoms with van der Waals surface area (Å²) in [5, 5.41) is 0. The van der Waals surface area contributed by atoms with Crippen LogP contribution in [0.4, 0.5) is 5.69 Å². The smallest absolute Gasteiger partial charge is 0.229 e. The highest BCUT2D eigenvalue weighted by Gasteiger charge is 2.19. The SMILES string of the molecule is CC(C(=O)N(C)Cc1ccc(Cl)s1)c1cccc(N)c1. The van der Waals surface area contributed by atoms with E-state index in [0.29, 0.717) is 12.2 Å². The summed E-state index contributed by atoms with van der Waals surface area (Å²) in [7, 11) is 1.80. The first-order chi connectivity index (χ1) is 9.47. The standard InChI is InChI=1S/C15H17ClN2OS/c1-10(11-4-3-5-12(17)8-11)15(19)18(2)9-13-6-7-14(16)20-13/h3-8,10H,9,17H2,1-2H3. The fourth-order valence-electron chi connectivity index (χ4n) is 2.05. The molecule has 3 nitrogen and oxygen atoms in total. The molecule has 0 saturated heterocycles. The normalized spacial score (nSPS) is 12.2. The number of carbonyl (C=O) groups excluding carboxylic acids is 1. The molecule has 106 valence electrons. The lowest BCUT2D eigenvalue weighted by molar-refractivity contribution is -0.131. The van der Waals surface area contributed by atoms with Crippen molar-refractivity contribution >= 4 is 34.5 Å². The van der Waals surface area contributed by atoms with Crippen LogP contribution in [0.2, 0.25) is 4.34 Å². The van der Waals surface area contributed by atoms with E-state index in [-0.39, 0.29) is 11.8 Å². The Balaban J connectivity index is 2.06. The van der Waals surface area contributed by atoms with Crippen LogP contribution in [0.1, 0.15) is 23.3 Å². The zero-order valence-electron chi connectivity index (χ0n) is 11.5. The van der Waals surface area contributed by atoms with Crippen LogP contribution in [0.3, 0.4) is 0 Å². The maximum Gasteiger partial charge on any atom is 0.229 e. The van der Waals surface area contributed by atoms with Gasteiger partial charge in [0.05, 0.1) is 16.8 Å². The zero-order valence-corrected chi connectivity index (χ0v) is 13.0. The Morgan fingerprint density at radius 3 is 2.75 bits per heavy atom. The van der Waals surface area contributed by atoms with E-state index < -0.39 is 0 Å². The molecule has 0 saturated carbocycles. The number of likely N-dealkylation sites (N-methyl/N-ethyl adjacent to an activating group) is 1. The Morgan fingerprint density at radius 1 is 1.40 bits per heavy atom. The first-order valence-corrected chi connectivity index (χ1v) is 7.51. The van der Waals surface area contributed by atoms with Gasteiger partial charge in [-0.3, -0.25) is 4.79 Å². The highest BCUT2D eigenvalue weighted by atomic mass is 35.5. The van der Waals surface area contributed by atoms with E-state index in [0.717, 1.165) is 14.8 Å². The van der Waals surface area contributed by atoms with Gasteiger partial charge >= 0.3 is 0 Å². The molecule has 0 aliphatic rings. The van der Waals surface area contributed by atoms with Crippen LogP contribution in [0.25, 0.3) is 0 Å². The van der Waals surface area contributed by atoms with Gasteiger partial charge in [0.25, 0.3) is 0 Å². The van der Waals surface area contributed by atoms with Gasteiger partial charge in [-0.2, -0.15) is 0 Å². The molecule has 1 heterocycles. The number of hydrogen-bond donors (Lipinski definition) is 1. The molecule has 0 radical (unpaired) electrons. The number of thiophene rings is 1. The van der Waals surface area contributed by atoms with Crippen molar-refractivity contribution in [3.63, 3.8) is 0 Å². The molecule has 20 heavy (non-hydrogen) atoms. The second-order valence-electron chi connectivity index (χ2n) is 4.79. The molecule has 5 heteroatoms. The lowest BCUT2D eigenvalue weighted by Crippen LogP contribution is -2.29. The molecule has 1 unspecified atom stereocenters. The first kappa shape index (κ1) is 14.9. The van der Waals surface area contributed by atoms with E-state index in [1.807, 2.05) is 43.3 Å². The van der Waals surface area contributed by atoms with Crippen molar-refractivity contribution < 1.29 is 4.79 Å². The average molecular weight is 309 g/mol. The molecule has 2 N–H and O–H groups in total. The monoisotopic (exact) mass is 308 g/mol. The second-order valence-corrected chi connectivity index (χ2v) is 6.59. The second kappa shape index (κ2) is 6.29. The van der Waals surface area contributed by atoms with E-state index in [1.54, 1.807) is 11.9 Å². The molecular formula is C15H17ClN2OS.